The van der Waals surface area contributed by atoms with Crippen LogP contribution in [0, 0.1) is 0 Å². The van der Waals surface area contributed by atoms with Crippen LogP contribution in [0.2, 0.25) is 0 Å². The third-order valence-electron chi connectivity index (χ3n) is 2.55. The van der Waals surface area contributed by atoms with Crippen molar-refractivity contribution >= 4 is 11.0 Å². The van der Waals surface area contributed by atoms with E-state index in [4.69, 9.17) is 9.84 Å². The van der Waals surface area contributed by atoms with Crippen LogP contribution in [0.25, 0.3) is 11.0 Å². The first kappa shape index (κ1) is 11.9. The third kappa shape index (κ3) is 2.97. The van der Waals surface area contributed by atoms with E-state index in [9.17, 15) is 0 Å². The van der Waals surface area contributed by atoms with Gasteiger partial charge in [0.25, 0.3) is 0 Å². The van der Waals surface area contributed by atoms with Crippen LogP contribution in [0.15, 0.2) is 18.2 Å². The number of aliphatic hydroxyl groups is 1. The third-order valence-corrected chi connectivity index (χ3v) is 2.55. The van der Waals surface area contributed by atoms with Crippen molar-refractivity contribution in [3.63, 3.8) is 0 Å². The second-order valence-corrected chi connectivity index (χ2v) is 4.04. The van der Waals surface area contributed by atoms with Gasteiger partial charge in [0.15, 0.2) is 0 Å². The Hall–Kier alpha value is -1.55. The molecule has 0 aliphatic heterocycles. The highest BCUT2D eigenvalue weighted by molar-refractivity contribution is 5.76. The summed E-state index contributed by atoms with van der Waals surface area (Å²) in [7, 11) is 0. The number of benzene rings is 1. The lowest BCUT2D eigenvalue weighted by Gasteiger charge is -2.03. The number of imidazole rings is 1. The molecule has 0 aliphatic rings. The van der Waals surface area contributed by atoms with Crippen LogP contribution in [0.4, 0.5) is 0 Å². The first-order valence-electron chi connectivity index (χ1n) is 6.05. The number of aromatic amines is 1. The maximum Gasteiger partial charge on any atom is 0.121 e. The summed E-state index contributed by atoms with van der Waals surface area (Å²) in [4.78, 5) is 7.69. The number of aliphatic hydroxyl groups excluding tert-OH is 1. The smallest absolute Gasteiger partial charge is 0.121 e. The molecule has 4 nitrogen and oxygen atoms in total. The zero-order chi connectivity index (χ0) is 12.1. The molecule has 0 aliphatic carbocycles. The van der Waals surface area contributed by atoms with E-state index in [0.29, 0.717) is 0 Å². The van der Waals surface area contributed by atoms with Gasteiger partial charge in [0.05, 0.1) is 17.6 Å². The van der Waals surface area contributed by atoms with E-state index in [1.54, 1.807) is 0 Å². The predicted octanol–water partition coefficient (Wildman–Crippen LogP) is 2.28. The molecule has 2 rings (SSSR count). The van der Waals surface area contributed by atoms with Crippen molar-refractivity contribution in [1.82, 2.24) is 9.97 Å². The lowest BCUT2D eigenvalue weighted by atomic mass is 10.3. The van der Waals surface area contributed by atoms with Gasteiger partial charge in [-0.05, 0) is 25.0 Å². The van der Waals surface area contributed by atoms with Crippen molar-refractivity contribution in [2.75, 3.05) is 13.2 Å². The molecule has 0 saturated carbocycles. The van der Waals surface area contributed by atoms with Gasteiger partial charge >= 0.3 is 0 Å². The van der Waals surface area contributed by atoms with E-state index in [2.05, 4.69) is 16.9 Å². The van der Waals surface area contributed by atoms with Gasteiger partial charge < -0.3 is 14.8 Å². The summed E-state index contributed by atoms with van der Waals surface area (Å²) in [5, 5.41) is 8.78. The van der Waals surface area contributed by atoms with Gasteiger partial charge in [-0.3, -0.25) is 0 Å². The van der Waals surface area contributed by atoms with Crippen molar-refractivity contribution in [3.05, 3.63) is 24.0 Å². The summed E-state index contributed by atoms with van der Waals surface area (Å²) < 4.78 is 5.57. The van der Waals surface area contributed by atoms with Crippen LogP contribution in [-0.2, 0) is 6.42 Å². The first-order valence-corrected chi connectivity index (χ1v) is 6.05. The quantitative estimate of drug-likeness (QED) is 0.806. The second kappa shape index (κ2) is 5.68. The SMILES string of the molecule is CCCOc1ccc2nc(CCCO)[nH]c2c1. The molecule has 0 unspecified atom stereocenters. The van der Waals surface area contributed by atoms with Crippen LogP contribution in [0.3, 0.4) is 0 Å². The van der Waals surface area contributed by atoms with Crippen molar-refractivity contribution in [2.45, 2.75) is 26.2 Å². The maximum atomic E-state index is 8.78. The number of H-pyrrole nitrogens is 1. The standard InChI is InChI=1S/C13H18N2O2/c1-2-8-17-10-5-6-11-12(9-10)15-13(14-11)4-3-7-16/h5-6,9,16H,2-4,7-8H2,1H3,(H,14,15). The van der Waals surface area contributed by atoms with E-state index in [0.717, 1.165) is 48.5 Å². The molecule has 0 atom stereocenters. The Bertz CT molecular complexity index is 473. The van der Waals surface area contributed by atoms with Gasteiger partial charge in [-0.2, -0.15) is 0 Å². The second-order valence-electron chi connectivity index (χ2n) is 4.04. The number of aryl methyl sites for hydroxylation is 1. The molecule has 0 saturated heterocycles. The van der Waals surface area contributed by atoms with Crippen LogP contribution in [0.1, 0.15) is 25.6 Å². The Labute approximate surface area is 101 Å². The summed E-state index contributed by atoms with van der Waals surface area (Å²) >= 11 is 0. The molecule has 2 aromatic rings. The average Bonchev–Trinajstić information content (AvgIpc) is 2.75. The molecule has 0 radical (unpaired) electrons. The molecule has 0 amide bonds. The molecule has 0 fully saturated rings. The fraction of sp³-hybridized carbons (Fsp3) is 0.462. The molecule has 2 N–H and O–H groups in total. The van der Waals surface area contributed by atoms with E-state index >= 15 is 0 Å². The van der Waals surface area contributed by atoms with Crippen molar-refractivity contribution < 1.29 is 9.84 Å². The molecule has 0 bridgehead atoms. The summed E-state index contributed by atoms with van der Waals surface area (Å²) in [5.74, 6) is 1.79. The minimum Gasteiger partial charge on any atom is -0.494 e. The molecular weight excluding hydrogens is 216 g/mol. The Morgan fingerprint density at radius 2 is 2.29 bits per heavy atom. The molecule has 92 valence electrons. The fourth-order valence-corrected chi connectivity index (χ4v) is 1.72. The minimum absolute atomic E-state index is 0.196. The predicted molar refractivity (Wildman–Crippen MR) is 67.3 cm³/mol. The fourth-order valence-electron chi connectivity index (χ4n) is 1.72. The van der Waals surface area contributed by atoms with E-state index in [1.165, 1.54) is 0 Å². The van der Waals surface area contributed by atoms with Gasteiger partial charge in [-0.1, -0.05) is 6.92 Å². The summed E-state index contributed by atoms with van der Waals surface area (Å²) in [5.41, 5.74) is 1.94. The van der Waals surface area contributed by atoms with Gasteiger partial charge in [0.1, 0.15) is 11.6 Å². The molecule has 1 aromatic heterocycles. The lowest BCUT2D eigenvalue weighted by Crippen LogP contribution is -1.94. The van der Waals surface area contributed by atoms with Gasteiger partial charge in [0, 0.05) is 19.1 Å². The van der Waals surface area contributed by atoms with Crippen LogP contribution >= 0.6 is 0 Å². The lowest BCUT2D eigenvalue weighted by molar-refractivity contribution is 0.287. The van der Waals surface area contributed by atoms with E-state index in [1.807, 2.05) is 18.2 Å². The number of hydrogen-bond acceptors (Lipinski definition) is 3. The van der Waals surface area contributed by atoms with Crippen molar-refractivity contribution in [2.24, 2.45) is 0 Å². The number of rotatable bonds is 6. The molecule has 1 heterocycles. The Balaban J connectivity index is 2.15. The highest BCUT2D eigenvalue weighted by atomic mass is 16.5. The number of nitrogens with zero attached hydrogens (tertiary/aromatic N) is 1. The average molecular weight is 234 g/mol. The van der Waals surface area contributed by atoms with E-state index < -0.39 is 0 Å². The number of fused-ring (bicyclic) bond motifs is 1. The zero-order valence-electron chi connectivity index (χ0n) is 10.1. The molecule has 1 aromatic carbocycles. The number of nitrogens with one attached hydrogen (secondary N) is 1. The molecule has 4 heteroatoms. The summed E-state index contributed by atoms with van der Waals surface area (Å²) in [6.07, 6.45) is 2.51. The number of hydrogen-bond donors (Lipinski definition) is 2. The number of aromatic nitrogens is 2. The van der Waals surface area contributed by atoms with Gasteiger partial charge in [-0.15, -0.1) is 0 Å². The zero-order valence-corrected chi connectivity index (χ0v) is 10.1. The largest absolute Gasteiger partial charge is 0.494 e. The summed E-state index contributed by atoms with van der Waals surface area (Å²) in [6, 6.07) is 5.87. The Morgan fingerprint density at radius 1 is 1.41 bits per heavy atom. The van der Waals surface area contributed by atoms with Gasteiger partial charge in [0.2, 0.25) is 0 Å². The van der Waals surface area contributed by atoms with Crippen LogP contribution < -0.4 is 4.74 Å². The highest BCUT2D eigenvalue weighted by Crippen LogP contribution is 2.19. The monoisotopic (exact) mass is 234 g/mol. The summed E-state index contributed by atoms with van der Waals surface area (Å²) in [6.45, 7) is 3.01. The normalized spacial score (nSPS) is 10.9. The minimum atomic E-state index is 0.196. The van der Waals surface area contributed by atoms with Crippen molar-refractivity contribution in [3.8, 4) is 5.75 Å². The first-order chi connectivity index (χ1) is 8.33. The molecule has 17 heavy (non-hydrogen) atoms. The highest BCUT2D eigenvalue weighted by Gasteiger charge is 2.03. The van der Waals surface area contributed by atoms with Gasteiger partial charge in [-0.25, -0.2) is 4.98 Å². The molecular formula is C13H18N2O2. The Kier molecular flexibility index (Phi) is 3.98. The Morgan fingerprint density at radius 3 is 3.06 bits per heavy atom. The van der Waals surface area contributed by atoms with Crippen LogP contribution in [-0.4, -0.2) is 28.3 Å². The van der Waals surface area contributed by atoms with Crippen molar-refractivity contribution in [1.29, 1.82) is 0 Å². The van der Waals surface area contributed by atoms with E-state index in [-0.39, 0.29) is 6.61 Å². The van der Waals surface area contributed by atoms with Crippen LogP contribution in [0.5, 0.6) is 5.75 Å². The number of ether oxygens (including phenoxy) is 1. The maximum absolute atomic E-state index is 8.78. The topological polar surface area (TPSA) is 58.1 Å². The molecule has 0 spiro atoms.